The number of benzene rings is 1. The Bertz CT molecular complexity index is 656. The van der Waals surface area contributed by atoms with E-state index in [1.165, 1.54) is 0 Å². The molecule has 112 valence electrons. The zero-order chi connectivity index (χ0) is 15.6. The van der Waals surface area contributed by atoms with Crippen molar-refractivity contribution in [1.29, 1.82) is 0 Å². The molecule has 0 aliphatic rings. The Morgan fingerprint density at radius 2 is 1.95 bits per heavy atom. The maximum absolute atomic E-state index is 12.7. The highest BCUT2D eigenvalue weighted by Crippen LogP contribution is 2.33. The van der Waals surface area contributed by atoms with Gasteiger partial charge < -0.3 is 11.1 Å². The lowest BCUT2D eigenvalue weighted by Gasteiger charge is -2.15. The molecule has 0 saturated carbocycles. The molecule has 21 heavy (non-hydrogen) atoms. The highest BCUT2D eigenvalue weighted by Gasteiger charge is 2.33. The summed E-state index contributed by atoms with van der Waals surface area (Å²) in [5.41, 5.74) is 6.75. The van der Waals surface area contributed by atoms with Gasteiger partial charge in [-0.25, -0.2) is 4.98 Å². The van der Waals surface area contributed by atoms with E-state index in [0.717, 1.165) is 28.7 Å². The van der Waals surface area contributed by atoms with E-state index >= 15 is 0 Å². The highest BCUT2D eigenvalue weighted by atomic mass is 79.9. The third-order valence-electron chi connectivity index (χ3n) is 2.94. The van der Waals surface area contributed by atoms with Crippen LogP contribution in [0.15, 0.2) is 34.9 Å². The average molecular weight is 360 g/mol. The van der Waals surface area contributed by atoms with Gasteiger partial charge in [0.15, 0.2) is 0 Å². The van der Waals surface area contributed by atoms with Gasteiger partial charge in [-0.1, -0.05) is 22.9 Å². The minimum absolute atomic E-state index is 0.160. The molecule has 0 saturated heterocycles. The number of pyridine rings is 1. The summed E-state index contributed by atoms with van der Waals surface area (Å²) in [5, 5.41) is 2.95. The smallest absolute Gasteiger partial charge is 0.396 e. The first-order valence-electron chi connectivity index (χ1n) is 6.19. The molecule has 1 heterocycles. The van der Waals surface area contributed by atoms with E-state index in [2.05, 4.69) is 26.2 Å². The summed E-state index contributed by atoms with van der Waals surface area (Å²) in [6, 6.07) is 6.42. The second-order valence-electron chi connectivity index (χ2n) is 4.43. The molecule has 0 aliphatic carbocycles. The van der Waals surface area contributed by atoms with Gasteiger partial charge in [0.25, 0.3) is 0 Å². The van der Waals surface area contributed by atoms with Crippen molar-refractivity contribution < 1.29 is 13.2 Å². The van der Waals surface area contributed by atoms with E-state index in [4.69, 9.17) is 5.73 Å². The molecule has 3 N–H and O–H groups in total. The Hall–Kier alpha value is -1.76. The van der Waals surface area contributed by atoms with Crippen LogP contribution in [0.5, 0.6) is 0 Å². The Kier molecular flexibility index (Phi) is 4.41. The second-order valence-corrected chi connectivity index (χ2v) is 5.35. The quantitative estimate of drug-likeness (QED) is 0.831. The van der Waals surface area contributed by atoms with Gasteiger partial charge in [-0.15, -0.1) is 0 Å². The van der Waals surface area contributed by atoms with Crippen LogP contribution in [0.3, 0.4) is 0 Å². The lowest BCUT2D eigenvalue weighted by atomic mass is 10.1. The van der Waals surface area contributed by atoms with Crippen molar-refractivity contribution >= 4 is 33.0 Å². The van der Waals surface area contributed by atoms with E-state index in [1.54, 1.807) is 6.07 Å². The van der Waals surface area contributed by atoms with Crippen LogP contribution < -0.4 is 11.1 Å². The average Bonchev–Trinajstić information content (AvgIpc) is 2.41. The van der Waals surface area contributed by atoms with Crippen molar-refractivity contribution in [3.05, 3.63) is 46.2 Å². The molecule has 0 aliphatic heterocycles. The number of nitrogens with two attached hydrogens (primary N) is 1. The van der Waals surface area contributed by atoms with Crippen molar-refractivity contribution in [1.82, 2.24) is 4.98 Å². The van der Waals surface area contributed by atoms with E-state index in [-0.39, 0.29) is 11.4 Å². The van der Waals surface area contributed by atoms with Crippen LogP contribution in [0.4, 0.5) is 30.2 Å². The molecule has 3 nitrogen and oxygen atoms in total. The summed E-state index contributed by atoms with van der Waals surface area (Å²) in [7, 11) is 0. The molecule has 2 aromatic rings. The third kappa shape index (κ3) is 3.66. The number of halogens is 4. The van der Waals surface area contributed by atoms with Crippen LogP contribution in [-0.2, 0) is 12.6 Å². The third-order valence-corrected chi connectivity index (χ3v) is 3.44. The topological polar surface area (TPSA) is 50.9 Å². The number of nitrogen functional groups attached to an aromatic ring is 1. The van der Waals surface area contributed by atoms with Gasteiger partial charge in [-0.3, -0.25) is 0 Å². The van der Waals surface area contributed by atoms with Gasteiger partial charge in [0.1, 0.15) is 5.69 Å². The predicted molar refractivity (Wildman–Crippen MR) is 80.5 cm³/mol. The first kappa shape index (κ1) is 15.6. The maximum atomic E-state index is 12.7. The summed E-state index contributed by atoms with van der Waals surface area (Å²) in [5.74, 6) is 0. The van der Waals surface area contributed by atoms with Gasteiger partial charge in [-0.2, -0.15) is 13.2 Å². The number of alkyl halides is 3. The Labute approximate surface area is 128 Å². The molecular formula is C14H13BrF3N3. The first-order chi connectivity index (χ1) is 9.81. The van der Waals surface area contributed by atoms with Crippen LogP contribution in [-0.4, -0.2) is 4.98 Å². The zero-order valence-corrected chi connectivity index (χ0v) is 12.7. The summed E-state index contributed by atoms with van der Waals surface area (Å²) in [6.07, 6.45) is -2.76. The van der Waals surface area contributed by atoms with Gasteiger partial charge in [0.2, 0.25) is 0 Å². The second kappa shape index (κ2) is 5.93. The Balaban J connectivity index is 2.40. The van der Waals surface area contributed by atoms with Crippen LogP contribution in [0.25, 0.3) is 0 Å². The number of anilines is 3. The standard InChI is InChI=1S/C14H13BrF3N3/c1-2-8-5-9(15)3-4-11(8)21-12-6-13(14(16,17)18)20-7-10(12)19/h3-7H,2,19H2,1H3,(H,20,21). The van der Waals surface area contributed by atoms with Gasteiger partial charge in [0.05, 0.1) is 17.6 Å². The molecule has 7 heteroatoms. The van der Waals surface area contributed by atoms with E-state index in [9.17, 15) is 13.2 Å². The number of hydrogen-bond donors (Lipinski definition) is 2. The Morgan fingerprint density at radius 1 is 1.24 bits per heavy atom. The van der Waals surface area contributed by atoms with Gasteiger partial charge >= 0.3 is 6.18 Å². The fraction of sp³-hybridized carbons (Fsp3) is 0.214. The maximum Gasteiger partial charge on any atom is 0.433 e. The largest absolute Gasteiger partial charge is 0.433 e. The highest BCUT2D eigenvalue weighted by molar-refractivity contribution is 9.10. The van der Waals surface area contributed by atoms with Crippen molar-refractivity contribution in [2.24, 2.45) is 0 Å². The fourth-order valence-electron chi connectivity index (χ4n) is 1.85. The molecule has 0 bridgehead atoms. The Morgan fingerprint density at radius 3 is 2.57 bits per heavy atom. The molecule has 0 amide bonds. The minimum atomic E-state index is -4.50. The zero-order valence-electron chi connectivity index (χ0n) is 11.1. The number of nitrogens with zero attached hydrogens (tertiary/aromatic N) is 1. The van der Waals surface area contributed by atoms with E-state index in [0.29, 0.717) is 5.69 Å². The summed E-state index contributed by atoms with van der Waals surface area (Å²) >= 11 is 3.36. The lowest BCUT2D eigenvalue weighted by Crippen LogP contribution is -2.10. The molecule has 1 aromatic heterocycles. The molecule has 0 unspecified atom stereocenters. The van der Waals surface area contributed by atoms with E-state index in [1.807, 2.05) is 19.1 Å². The molecule has 0 spiro atoms. The minimum Gasteiger partial charge on any atom is -0.396 e. The number of nitrogens with one attached hydrogen (secondary N) is 1. The van der Waals surface area contributed by atoms with Crippen LogP contribution in [0.1, 0.15) is 18.2 Å². The number of rotatable bonds is 3. The van der Waals surface area contributed by atoms with Crippen molar-refractivity contribution in [3.63, 3.8) is 0 Å². The molecule has 0 radical (unpaired) electrons. The molecule has 2 rings (SSSR count). The van der Waals surface area contributed by atoms with Crippen LogP contribution in [0.2, 0.25) is 0 Å². The monoisotopic (exact) mass is 359 g/mol. The number of aryl methyl sites for hydroxylation is 1. The van der Waals surface area contributed by atoms with E-state index < -0.39 is 11.9 Å². The summed E-state index contributed by atoms with van der Waals surface area (Å²) < 4.78 is 39.0. The fourth-order valence-corrected chi connectivity index (χ4v) is 2.26. The molecule has 0 atom stereocenters. The first-order valence-corrected chi connectivity index (χ1v) is 6.98. The SMILES string of the molecule is CCc1cc(Br)ccc1Nc1cc(C(F)(F)F)ncc1N. The molecular weight excluding hydrogens is 347 g/mol. The summed E-state index contributed by atoms with van der Waals surface area (Å²) in [4.78, 5) is 3.31. The lowest BCUT2D eigenvalue weighted by molar-refractivity contribution is -0.141. The van der Waals surface area contributed by atoms with Gasteiger partial charge in [0, 0.05) is 10.2 Å². The summed E-state index contributed by atoms with van der Waals surface area (Å²) in [6.45, 7) is 1.96. The molecule has 0 fully saturated rings. The van der Waals surface area contributed by atoms with Crippen LogP contribution >= 0.6 is 15.9 Å². The van der Waals surface area contributed by atoms with Crippen molar-refractivity contribution in [2.45, 2.75) is 19.5 Å². The van der Waals surface area contributed by atoms with Gasteiger partial charge in [-0.05, 0) is 36.2 Å². The van der Waals surface area contributed by atoms with Crippen molar-refractivity contribution in [3.8, 4) is 0 Å². The number of hydrogen-bond acceptors (Lipinski definition) is 3. The molecule has 1 aromatic carbocycles. The van der Waals surface area contributed by atoms with Crippen LogP contribution in [0, 0.1) is 0 Å². The predicted octanol–water partition coefficient (Wildman–Crippen LogP) is 4.75. The number of aromatic nitrogens is 1. The normalized spacial score (nSPS) is 11.5. The van der Waals surface area contributed by atoms with Crippen molar-refractivity contribution in [2.75, 3.05) is 11.1 Å².